The normalized spacial score (nSPS) is 18.5. The largest absolute Gasteiger partial charge is 0.480 e. The van der Waals surface area contributed by atoms with E-state index in [1.54, 1.807) is 13.0 Å². The van der Waals surface area contributed by atoms with Crippen LogP contribution in [-0.2, 0) is 14.4 Å². The van der Waals surface area contributed by atoms with Gasteiger partial charge in [-0.25, -0.2) is 9.18 Å². The molecule has 2 unspecified atom stereocenters. The summed E-state index contributed by atoms with van der Waals surface area (Å²) in [5.74, 6) is -2.72. The Kier molecular flexibility index (Phi) is 5.54. The average Bonchev–Trinajstić information content (AvgIpc) is 2.91. The number of rotatable bonds is 6. The smallest absolute Gasteiger partial charge is 0.326 e. The minimum Gasteiger partial charge on any atom is -0.480 e. The lowest BCUT2D eigenvalue weighted by atomic mass is 10.1. The first kappa shape index (κ1) is 17.9. The molecule has 7 heteroatoms. The number of benzene rings is 1. The van der Waals surface area contributed by atoms with Gasteiger partial charge in [0.25, 0.3) is 0 Å². The number of halogens is 1. The fraction of sp³-hybridized carbons (Fsp3) is 0.471. The highest BCUT2D eigenvalue weighted by molar-refractivity contribution is 6.00. The number of anilines is 1. The Morgan fingerprint density at radius 2 is 2.17 bits per heavy atom. The summed E-state index contributed by atoms with van der Waals surface area (Å²) in [7, 11) is 0. The van der Waals surface area contributed by atoms with Crippen LogP contribution in [0.15, 0.2) is 18.2 Å². The van der Waals surface area contributed by atoms with Crippen molar-refractivity contribution in [2.75, 3.05) is 11.4 Å². The van der Waals surface area contributed by atoms with Crippen molar-refractivity contribution in [1.82, 2.24) is 5.32 Å². The van der Waals surface area contributed by atoms with E-state index in [4.69, 9.17) is 5.11 Å². The molecule has 24 heavy (non-hydrogen) atoms. The van der Waals surface area contributed by atoms with E-state index in [0.29, 0.717) is 24.1 Å². The van der Waals surface area contributed by atoms with E-state index < -0.39 is 23.8 Å². The topological polar surface area (TPSA) is 86.7 Å². The molecule has 0 spiro atoms. The van der Waals surface area contributed by atoms with Crippen molar-refractivity contribution in [2.24, 2.45) is 5.92 Å². The van der Waals surface area contributed by atoms with Crippen LogP contribution in [0.5, 0.6) is 0 Å². The van der Waals surface area contributed by atoms with Crippen molar-refractivity contribution in [1.29, 1.82) is 0 Å². The van der Waals surface area contributed by atoms with Crippen LogP contribution in [0.1, 0.15) is 31.7 Å². The van der Waals surface area contributed by atoms with Gasteiger partial charge in [-0.2, -0.15) is 0 Å². The van der Waals surface area contributed by atoms with Gasteiger partial charge in [0.2, 0.25) is 11.8 Å². The Morgan fingerprint density at radius 1 is 1.46 bits per heavy atom. The second-order valence-electron chi connectivity index (χ2n) is 6.03. The van der Waals surface area contributed by atoms with Crippen molar-refractivity contribution in [3.63, 3.8) is 0 Å². The summed E-state index contributed by atoms with van der Waals surface area (Å²) < 4.78 is 13.4. The highest BCUT2D eigenvalue weighted by Gasteiger charge is 2.36. The van der Waals surface area contributed by atoms with Crippen molar-refractivity contribution < 1.29 is 23.9 Å². The molecule has 1 aromatic rings. The molecule has 0 aromatic heterocycles. The van der Waals surface area contributed by atoms with Crippen molar-refractivity contribution in [3.8, 4) is 0 Å². The van der Waals surface area contributed by atoms with Crippen LogP contribution in [0, 0.1) is 18.7 Å². The van der Waals surface area contributed by atoms with Crippen LogP contribution in [-0.4, -0.2) is 35.5 Å². The van der Waals surface area contributed by atoms with Crippen LogP contribution in [0.3, 0.4) is 0 Å². The molecule has 1 aromatic carbocycles. The number of carboxylic acid groups (broad SMARTS) is 1. The number of hydrogen-bond donors (Lipinski definition) is 2. The number of hydrogen-bond acceptors (Lipinski definition) is 3. The molecule has 0 radical (unpaired) electrons. The van der Waals surface area contributed by atoms with E-state index in [9.17, 15) is 18.8 Å². The van der Waals surface area contributed by atoms with Gasteiger partial charge in [-0.15, -0.1) is 0 Å². The van der Waals surface area contributed by atoms with Gasteiger partial charge in [-0.3, -0.25) is 9.59 Å². The second-order valence-corrected chi connectivity index (χ2v) is 6.03. The quantitative estimate of drug-likeness (QED) is 0.830. The third-order valence-electron chi connectivity index (χ3n) is 4.14. The minimum absolute atomic E-state index is 0.0146. The van der Waals surface area contributed by atoms with Crippen LogP contribution >= 0.6 is 0 Å². The van der Waals surface area contributed by atoms with Gasteiger partial charge >= 0.3 is 5.97 Å². The van der Waals surface area contributed by atoms with Crippen molar-refractivity contribution in [3.05, 3.63) is 29.6 Å². The molecule has 1 aliphatic heterocycles. The van der Waals surface area contributed by atoms with E-state index in [1.807, 2.05) is 6.92 Å². The Bertz CT molecular complexity index is 662. The van der Waals surface area contributed by atoms with E-state index in [-0.39, 0.29) is 24.7 Å². The van der Waals surface area contributed by atoms with E-state index in [0.717, 1.165) is 0 Å². The number of aryl methyl sites for hydroxylation is 1. The van der Waals surface area contributed by atoms with E-state index in [1.165, 1.54) is 17.0 Å². The van der Waals surface area contributed by atoms with Crippen molar-refractivity contribution >= 4 is 23.5 Å². The number of carbonyl (C=O) groups is 3. The molecule has 1 aliphatic rings. The fourth-order valence-electron chi connectivity index (χ4n) is 2.77. The Labute approximate surface area is 139 Å². The number of carbonyl (C=O) groups excluding carboxylic acids is 2. The van der Waals surface area contributed by atoms with Gasteiger partial charge in [0.1, 0.15) is 11.9 Å². The maximum atomic E-state index is 13.4. The molecule has 0 aliphatic carbocycles. The summed E-state index contributed by atoms with van der Waals surface area (Å²) in [5, 5.41) is 11.6. The highest BCUT2D eigenvalue weighted by Crippen LogP contribution is 2.26. The number of aliphatic carboxylic acids is 1. The molecule has 6 nitrogen and oxygen atoms in total. The Hall–Kier alpha value is -2.44. The van der Waals surface area contributed by atoms with E-state index >= 15 is 0 Å². The summed E-state index contributed by atoms with van der Waals surface area (Å²) in [6.07, 6.45) is 0.977. The molecule has 1 fully saturated rings. The third kappa shape index (κ3) is 3.90. The molecular formula is C17H21FN2O4. The summed E-state index contributed by atoms with van der Waals surface area (Å²) in [4.78, 5) is 37.0. The summed E-state index contributed by atoms with van der Waals surface area (Å²) in [5.41, 5.74) is 0.958. The zero-order valence-electron chi connectivity index (χ0n) is 13.7. The van der Waals surface area contributed by atoms with Gasteiger partial charge in [-0.05, 0) is 37.1 Å². The minimum atomic E-state index is -1.08. The monoisotopic (exact) mass is 336 g/mol. The molecule has 0 saturated carbocycles. The van der Waals surface area contributed by atoms with Crippen LogP contribution in [0.4, 0.5) is 10.1 Å². The zero-order valence-corrected chi connectivity index (χ0v) is 13.7. The van der Waals surface area contributed by atoms with Gasteiger partial charge in [0.15, 0.2) is 0 Å². The molecule has 2 N–H and O–H groups in total. The lowest BCUT2D eigenvalue weighted by molar-refractivity contribution is -0.142. The Balaban J connectivity index is 2.06. The van der Waals surface area contributed by atoms with Crippen LogP contribution < -0.4 is 10.2 Å². The molecule has 2 atom stereocenters. The number of amides is 2. The maximum Gasteiger partial charge on any atom is 0.326 e. The van der Waals surface area contributed by atoms with Gasteiger partial charge in [0.05, 0.1) is 5.92 Å². The lowest BCUT2D eigenvalue weighted by Gasteiger charge is -2.19. The highest BCUT2D eigenvalue weighted by atomic mass is 19.1. The van der Waals surface area contributed by atoms with Gasteiger partial charge in [-0.1, -0.05) is 13.3 Å². The summed E-state index contributed by atoms with van der Waals surface area (Å²) >= 11 is 0. The number of nitrogens with zero attached hydrogens (tertiary/aromatic N) is 1. The first-order chi connectivity index (χ1) is 11.3. The van der Waals surface area contributed by atoms with E-state index in [2.05, 4.69) is 5.32 Å². The standard InChI is InChI=1S/C17H21FN2O4/c1-3-4-14(17(23)24)19-16(22)11-8-15(21)20(9-11)12-5-6-13(18)10(2)7-12/h5-7,11,14H,3-4,8-9H2,1-2H3,(H,19,22)(H,23,24). The molecule has 0 bridgehead atoms. The molecule has 130 valence electrons. The Morgan fingerprint density at radius 3 is 2.75 bits per heavy atom. The lowest BCUT2D eigenvalue weighted by Crippen LogP contribution is -2.44. The maximum absolute atomic E-state index is 13.4. The predicted molar refractivity (Wildman–Crippen MR) is 86.1 cm³/mol. The van der Waals surface area contributed by atoms with Crippen LogP contribution in [0.25, 0.3) is 0 Å². The summed E-state index contributed by atoms with van der Waals surface area (Å²) in [6, 6.07) is 3.40. The number of carboxylic acids is 1. The first-order valence-electron chi connectivity index (χ1n) is 7.93. The van der Waals surface area contributed by atoms with Crippen molar-refractivity contribution in [2.45, 2.75) is 39.2 Å². The first-order valence-corrected chi connectivity index (χ1v) is 7.93. The second kappa shape index (κ2) is 7.42. The third-order valence-corrected chi connectivity index (χ3v) is 4.14. The molecule has 2 amide bonds. The molecular weight excluding hydrogens is 315 g/mol. The fourth-order valence-corrected chi connectivity index (χ4v) is 2.77. The average molecular weight is 336 g/mol. The summed E-state index contributed by atoms with van der Waals surface area (Å²) in [6.45, 7) is 3.60. The zero-order chi connectivity index (χ0) is 17.9. The van der Waals surface area contributed by atoms with Gasteiger partial charge < -0.3 is 15.3 Å². The molecule has 2 rings (SSSR count). The van der Waals surface area contributed by atoms with Crippen LogP contribution in [0.2, 0.25) is 0 Å². The predicted octanol–water partition coefficient (Wildman–Crippen LogP) is 1.86. The SMILES string of the molecule is CCCC(NC(=O)C1CC(=O)N(c2ccc(F)c(C)c2)C1)C(=O)O. The molecule has 1 heterocycles. The molecule has 1 saturated heterocycles. The number of nitrogens with one attached hydrogen (secondary N) is 1. The van der Waals surface area contributed by atoms with Gasteiger partial charge in [0, 0.05) is 18.7 Å².